The summed E-state index contributed by atoms with van der Waals surface area (Å²) in [6, 6.07) is 17.7. The van der Waals surface area contributed by atoms with E-state index in [-0.39, 0.29) is 0 Å². The molecular formula is C34H31ClN4O3S. The molecule has 0 unspecified atom stereocenters. The molecule has 1 atom stereocenters. The number of carbonyl (C=O) groups is 1. The number of thiazole rings is 1. The number of aliphatic carboxylic acids is 1. The number of nitrogens with zero attached hydrogens (tertiary/aromatic N) is 4. The smallest absolute Gasteiger partial charge is 0.337 e. The lowest BCUT2D eigenvalue weighted by Crippen LogP contribution is -2.28. The van der Waals surface area contributed by atoms with Crippen molar-refractivity contribution in [2.75, 3.05) is 0 Å². The van der Waals surface area contributed by atoms with Crippen LogP contribution in [-0.2, 0) is 16.6 Å². The van der Waals surface area contributed by atoms with Gasteiger partial charge in [0.2, 0.25) is 0 Å². The molecule has 0 saturated heterocycles. The Kier molecular flexibility index (Phi) is 7.32. The first-order valence-corrected chi connectivity index (χ1v) is 15.1. The van der Waals surface area contributed by atoms with E-state index < -0.39 is 17.7 Å². The highest BCUT2D eigenvalue weighted by Gasteiger charge is 2.32. The zero-order chi connectivity index (χ0) is 30.6. The lowest BCUT2D eigenvalue weighted by atomic mass is 9.91. The van der Waals surface area contributed by atoms with E-state index >= 15 is 0 Å². The lowest BCUT2D eigenvalue weighted by molar-refractivity contribution is -0.160. The minimum absolute atomic E-state index is 0.601. The van der Waals surface area contributed by atoms with E-state index in [9.17, 15) is 9.90 Å². The number of carboxylic acid groups (broad SMARTS) is 1. The fourth-order valence-corrected chi connectivity index (χ4v) is 6.72. The normalized spacial score (nSPS) is 12.7. The Morgan fingerprint density at radius 2 is 1.72 bits per heavy atom. The standard InChI is InChI=1S/C34H31ClN4O3S/c1-18-13-26-31(29(20-7-10-23(35)11-8-20)28(18)30(33(40)41)42-34(3,4)5)43-32(38-26)24-15-25(36-16-19(24)2)21-9-12-27-22(14-21)17-37-39(27)6/h7-17,30H,1-6H3,(H,40,41)/t30-/m0/s1. The van der Waals surface area contributed by atoms with Crippen molar-refractivity contribution in [3.63, 3.8) is 0 Å². The van der Waals surface area contributed by atoms with Crippen LogP contribution in [0.3, 0.4) is 0 Å². The maximum absolute atomic E-state index is 12.7. The van der Waals surface area contributed by atoms with Crippen LogP contribution in [0, 0.1) is 13.8 Å². The summed E-state index contributed by atoms with van der Waals surface area (Å²) in [5, 5.41) is 17.2. The number of ether oxygens (including phenoxy) is 1. The maximum atomic E-state index is 12.7. The van der Waals surface area contributed by atoms with Crippen LogP contribution in [0.15, 0.2) is 67.0 Å². The molecule has 6 rings (SSSR count). The van der Waals surface area contributed by atoms with Gasteiger partial charge in [-0.15, -0.1) is 11.3 Å². The summed E-state index contributed by atoms with van der Waals surface area (Å²) in [4.78, 5) is 22.5. The third-order valence-electron chi connectivity index (χ3n) is 7.39. The first-order chi connectivity index (χ1) is 20.4. The Morgan fingerprint density at radius 1 is 1.00 bits per heavy atom. The van der Waals surface area contributed by atoms with Crippen LogP contribution in [0.2, 0.25) is 5.02 Å². The first kappa shape index (κ1) is 29.0. The van der Waals surface area contributed by atoms with E-state index in [0.717, 1.165) is 65.2 Å². The van der Waals surface area contributed by atoms with E-state index in [4.69, 9.17) is 26.3 Å². The highest BCUT2D eigenvalue weighted by molar-refractivity contribution is 7.22. The van der Waals surface area contributed by atoms with Crippen molar-refractivity contribution in [1.82, 2.24) is 19.7 Å². The Bertz CT molecular complexity index is 2020. The van der Waals surface area contributed by atoms with E-state index in [1.54, 1.807) is 0 Å². The maximum Gasteiger partial charge on any atom is 0.337 e. The van der Waals surface area contributed by atoms with Gasteiger partial charge in [0.15, 0.2) is 6.10 Å². The molecule has 0 spiro atoms. The molecule has 3 aromatic heterocycles. The predicted molar refractivity (Wildman–Crippen MR) is 174 cm³/mol. The lowest BCUT2D eigenvalue weighted by Gasteiger charge is -2.28. The quantitative estimate of drug-likeness (QED) is 0.203. The van der Waals surface area contributed by atoms with Gasteiger partial charge in [-0.2, -0.15) is 5.10 Å². The van der Waals surface area contributed by atoms with Crippen molar-refractivity contribution in [2.24, 2.45) is 7.05 Å². The van der Waals surface area contributed by atoms with Crippen LogP contribution in [0.1, 0.15) is 43.6 Å². The number of hydrogen-bond donors (Lipinski definition) is 1. The summed E-state index contributed by atoms with van der Waals surface area (Å²) in [6.45, 7) is 9.52. The molecule has 0 aliphatic rings. The van der Waals surface area contributed by atoms with E-state index in [1.807, 2.05) is 89.1 Å². The number of benzene rings is 3. The fourth-order valence-electron chi connectivity index (χ4n) is 5.39. The summed E-state index contributed by atoms with van der Waals surface area (Å²) < 4.78 is 8.89. The second-order valence-electron chi connectivity index (χ2n) is 11.7. The number of aromatic nitrogens is 4. The molecule has 0 fully saturated rings. The SMILES string of the molecule is Cc1cnc(-c2ccc3c(cnn3C)c2)cc1-c1nc2cc(C)c([C@H](OC(C)(C)C)C(=O)O)c(-c3ccc(Cl)cc3)c2s1. The van der Waals surface area contributed by atoms with Crippen LogP contribution in [-0.4, -0.2) is 36.4 Å². The molecular weight excluding hydrogens is 580 g/mol. The van der Waals surface area contributed by atoms with Crippen LogP contribution in [0.25, 0.3) is 54.1 Å². The largest absolute Gasteiger partial charge is 0.479 e. The first-order valence-electron chi connectivity index (χ1n) is 13.9. The number of pyridine rings is 1. The number of halogens is 1. The van der Waals surface area contributed by atoms with Gasteiger partial charge >= 0.3 is 5.97 Å². The van der Waals surface area contributed by atoms with Crippen LogP contribution in [0.5, 0.6) is 0 Å². The Balaban J connectivity index is 1.56. The van der Waals surface area contributed by atoms with Gasteiger partial charge in [0.1, 0.15) is 5.01 Å². The van der Waals surface area contributed by atoms with Crippen LogP contribution < -0.4 is 0 Å². The molecule has 0 radical (unpaired) electrons. The van der Waals surface area contributed by atoms with E-state index in [2.05, 4.69) is 29.4 Å². The molecule has 3 heterocycles. The fraction of sp³-hybridized carbons (Fsp3) is 0.235. The third-order valence-corrected chi connectivity index (χ3v) is 8.77. The van der Waals surface area contributed by atoms with Gasteiger partial charge in [-0.05, 0) is 87.7 Å². The minimum atomic E-state index is -1.17. The van der Waals surface area contributed by atoms with E-state index in [1.165, 1.54) is 11.3 Å². The number of rotatable bonds is 6. The van der Waals surface area contributed by atoms with Gasteiger partial charge < -0.3 is 9.84 Å². The summed E-state index contributed by atoms with van der Waals surface area (Å²) in [7, 11) is 1.93. The summed E-state index contributed by atoms with van der Waals surface area (Å²) in [5.41, 5.74) is 8.02. The monoisotopic (exact) mass is 610 g/mol. The van der Waals surface area contributed by atoms with E-state index in [0.29, 0.717) is 10.6 Å². The van der Waals surface area contributed by atoms with Gasteiger partial charge in [-0.1, -0.05) is 29.8 Å². The van der Waals surface area contributed by atoms with Crippen LogP contribution in [0.4, 0.5) is 0 Å². The molecule has 6 aromatic rings. The molecule has 43 heavy (non-hydrogen) atoms. The molecule has 3 aromatic carbocycles. The summed E-state index contributed by atoms with van der Waals surface area (Å²) in [6.07, 6.45) is 2.56. The van der Waals surface area contributed by atoms with Gasteiger partial charge in [-0.25, -0.2) is 9.78 Å². The summed E-state index contributed by atoms with van der Waals surface area (Å²) >= 11 is 7.79. The second kappa shape index (κ2) is 10.9. The van der Waals surface area contributed by atoms with Gasteiger partial charge in [0.05, 0.1) is 33.2 Å². The molecule has 0 aliphatic carbocycles. The van der Waals surface area contributed by atoms with Gasteiger partial charge in [0, 0.05) is 45.9 Å². The van der Waals surface area contributed by atoms with Crippen molar-refractivity contribution >= 4 is 50.0 Å². The molecule has 0 amide bonds. The zero-order valence-corrected chi connectivity index (χ0v) is 26.3. The van der Waals surface area contributed by atoms with Crippen molar-refractivity contribution < 1.29 is 14.6 Å². The topological polar surface area (TPSA) is 90.1 Å². The minimum Gasteiger partial charge on any atom is -0.479 e. The molecule has 1 N–H and O–H groups in total. The number of fused-ring (bicyclic) bond motifs is 2. The predicted octanol–water partition coefficient (Wildman–Crippen LogP) is 8.79. The molecule has 218 valence electrons. The second-order valence-corrected chi connectivity index (χ2v) is 13.2. The van der Waals surface area contributed by atoms with Crippen molar-refractivity contribution in [3.8, 4) is 33.0 Å². The number of hydrogen-bond acceptors (Lipinski definition) is 6. The number of aryl methyl sites for hydroxylation is 3. The van der Waals surface area contributed by atoms with Crippen molar-refractivity contribution in [2.45, 2.75) is 46.3 Å². The van der Waals surface area contributed by atoms with Crippen molar-refractivity contribution in [3.05, 3.63) is 88.7 Å². The average Bonchev–Trinajstić information content (AvgIpc) is 3.54. The molecule has 7 nitrogen and oxygen atoms in total. The van der Waals surface area contributed by atoms with Gasteiger partial charge in [0.25, 0.3) is 0 Å². The summed E-state index contributed by atoms with van der Waals surface area (Å²) in [5.74, 6) is -1.04. The average molecular weight is 611 g/mol. The highest BCUT2D eigenvalue weighted by atomic mass is 35.5. The number of carboxylic acids is 1. The third kappa shape index (κ3) is 5.54. The van der Waals surface area contributed by atoms with Gasteiger partial charge in [-0.3, -0.25) is 9.67 Å². The Hall–Kier alpha value is -4.11. The Morgan fingerprint density at radius 3 is 2.42 bits per heavy atom. The van der Waals surface area contributed by atoms with Crippen LogP contribution >= 0.6 is 22.9 Å². The molecule has 0 bridgehead atoms. The Labute approximate surface area is 258 Å². The molecule has 0 aliphatic heterocycles. The van der Waals surface area contributed by atoms with Crippen molar-refractivity contribution in [1.29, 1.82) is 0 Å². The molecule has 9 heteroatoms. The zero-order valence-electron chi connectivity index (χ0n) is 24.8. The highest BCUT2D eigenvalue weighted by Crippen LogP contribution is 2.45. The molecule has 0 saturated carbocycles.